The topological polar surface area (TPSA) is 26.3 Å². The quantitative estimate of drug-likeness (QED) is 0.570. The standard InChI is InChI=1S/C9H16O2/c1-4-7-8(6(2)3)5-11-9(7)10/h6-8H,4-5H2,1-3H3. The maximum atomic E-state index is 11.1. The highest BCUT2D eigenvalue weighted by molar-refractivity contribution is 5.74. The third kappa shape index (κ3) is 1.55. The zero-order valence-electron chi connectivity index (χ0n) is 7.46. The van der Waals surface area contributed by atoms with Gasteiger partial charge in [-0.1, -0.05) is 20.8 Å². The second-order valence-electron chi connectivity index (χ2n) is 3.55. The minimum absolute atomic E-state index is 0.00574. The summed E-state index contributed by atoms with van der Waals surface area (Å²) in [7, 11) is 0. The van der Waals surface area contributed by atoms with Gasteiger partial charge < -0.3 is 4.74 Å². The highest BCUT2D eigenvalue weighted by Gasteiger charge is 2.36. The Morgan fingerprint density at radius 1 is 1.64 bits per heavy atom. The summed E-state index contributed by atoms with van der Waals surface area (Å²) in [5.74, 6) is 1.18. The van der Waals surface area contributed by atoms with E-state index >= 15 is 0 Å². The third-order valence-electron chi connectivity index (χ3n) is 2.53. The van der Waals surface area contributed by atoms with Crippen LogP contribution in [0, 0.1) is 17.8 Å². The SMILES string of the molecule is CCC1C(=O)OCC1C(C)C. The summed E-state index contributed by atoms with van der Waals surface area (Å²) in [4.78, 5) is 11.1. The Kier molecular flexibility index (Phi) is 2.53. The van der Waals surface area contributed by atoms with E-state index in [1.165, 1.54) is 0 Å². The molecule has 0 aromatic heterocycles. The van der Waals surface area contributed by atoms with Crippen LogP contribution in [0.25, 0.3) is 0 Å². The van der Waals surface area contributed by atoms with Crippen molar-refractivity contribution < 1.29 is 9.53 Å². The van der Waals surface area contributed by atoms with Crippen molar-refractivity contribution in [2.45, 2.75) is 27.2 Å². The number of carbonyl (C=O) groups is 1. The molecule has 1 aliphatic rings. The van der Waals surface area contributed by atoms with E-state index in [1.807, 2.05) is 6.92 Å². The van der Waals surface area contributed by atoms with Gasteiger partial charge in [-0.25, -0.2) is 0 Å². The fourth-order valence-electron chi connectivity index (χ4n) is 1.70. The van der Waals surface area contributed by atoms with Crippen molar-refractivity contribution in [1.29, 1.82) is 0 Å². The van der Waals surface area contributed by atoms with Gasteiger partial charge in [0.1, 0.15) is 0 Å². The van der Waals surface area contributed by atoms with E-state index in [0.717, 1.165) is 6.42 Å². The highest BCUT2D eigenvalue weighted by Crippen LogP contribution is 2.30. The molecule has 1 fully saturated rings. The van der Waals surface area contributed by atoms with Crippen molar-refractivity contribution in [2.24, 2.45) is 17.8 Å². The number of esters is 1. The molecule has 2 nitrogen and oxygen atoms in total. The summed E-state index contributed by atoms with van der Waals surface area (Å²) < 4.78 is 4.99. The monoisotopic (exact) mass is 156 g/mol. The Labute approximate surface area is 67.9 Å². The van der Waals surface area contributed by atoms with E-state index in [9.17, 15) is 4.79 Å². The first-order valence-electron chi connectivity index (χ1n) is 4.33. The molecule has 1 aliphatic heterocycles. The zero-order valence-corrected chi connectivity index (χ0v) is 7.46. The number of rotatable bonds is 2. The number of hydrogen-bond donors (Lipinski definition) is 0. The summed E-state index contributed by atoms with van der Waals surface area (Å²) in [6.07, 6.45) is 0.918. The molecule has 0 amide bonds. The van der Waals surface area contributed by atoms with Crippen LogP contribution in [0.15, 0.2) is 0 Å². The van der Waals surface area contributed by atoms with Crippen LogP contribution in [0.2, 0.25) is 0 Å². The van der Waals surface area contributed by atoms with Gasteiger partial charge in [-0.2, -0.15) is 0 Å². The van der Waals surface area contributed by atoms with Crippen molar-refractivity contribution in [3.63, 3.8) is 0 Å². The van der Waals surface area contributed by atoms with Gasteiger partial charge in [-0.3, -0.25) is 4.79 Å². The van der Waals surface area contributed by atoms with Gasteiger partial charge in [-0.05, 0) is 12.3 Å². The normalized spacial score (nSPS) is 31.1. The minimum Gasteiger partial charge on any atom is -0.465 e. The third-order valence-corrected chi connectivity index (χ3v) is 2.53. The lowest BCUT2D eigenvalue weighted by atomic mass is 9.84. The molecule has 64 valence electrons. The summed E-state index contributed by atoms with van der Waals surface area (Å²) in [5.41, 5.74) is 0. The largest absolute Gasteiger partial charge is 0.465 e. The van der Waals surface area contributed by atoms with Crippen LogP contribution in [0.5, 0.6) is 0 Å². The predicted molar refractivity (Wildman–Crippen MR) is 43.1 cm³/mol. The molecule has 0 aromatic rings. The Morgan fingerprint density at radius 2 is 2.27 bits per heavy atom. The zero-order chi connectivity index (χ0) is 8.43. The Balaban J connectivity index is 2.61. The van der Waals surface area contributed by atoms with Crippen molar-refractivity contribution in [3.05, 3.63) is 0 Å². The number of cyclic esters (lactones) is 1. The maximum absolute atomic E-state index is 11.1. The molecule has 2 atom stereocenters. The van der Waals surface area contributed by atoms with Crippen LogP contribution >= 0.6 is 0 Å². The van der Waals surface area contributed by atoms with Crippen molar-refractivity contribution in [2.75, 3.05) is 6.61 Å². The molecule has 0 saturated carbocycles. The fraction of sp³-hybridized carbons (Fsp3) is 0.889. The van der Waals surface area contributed by atoms with E-state index in [2.05, 4.69) is 13.8 Å². The van der Waals surface area contributed by atoms with Crippen LogP contribution in [-0.4, -0.2) is 12.6 Å². The predicted octanol–water partition coefficient (Wildman–Crippen LogP) is 1.84. The second kappa shape index (κ2) is 3.24. The Bertz CT molecular complexity index is 152. The molecule has 0 N–H and O–H groups in total. The first kappa shape index (κ1) is 8.57. The van der Waals surface area contributed by atoms with E-state index in [4.69, 9.17) is 4.74 Å². The van der Waals surface area contributed by atoms with E-state index in [-0.39, 0.29) is 11.9 Å². The molecule has 1 heterocycles. The van der Waals surface area contributed by atoms with Crippen LogP contribution in [0.4, 0.5) is 0 Å². The Hall–Kier alpha value is -0.530. The lowest BCUT2D eigenvalue weighted by Gasteiger charge is -2.16. The van der Waals surface area contributed by atoms with E-state index in [1.54, 1.807) is 0 Å². The first-order valence-corrected chi connectivity index (χ1v) is 4.33. The summed E-state index contributed by atoms with van der Waals surface area (Å²) in [6.45, 7) is 6.98. The molecule has 1 rings (SSSR count). The van der Waals surface area contributed by atoms with E-state index < -0.39 is 0 Å². The van der Waals surface area contributed by atoms with E-state index in [0.29, 0.717) is 18.4 Å². The van der Waals surface area contributed by atoms with Crippen molar-refractivity contribution >= 4 is 5.97 Å². The molecular formula is C9H16O2. The van der Waals surface area contributed by atoms with Gasteiger partial charge in [0.15, 0.2) is 0 Å². The molecule has 0 spiro atoms. The molecule has 0 aliphatic carbocycles. The second-order valence-corrected chi connectivity index (χ2v) is 3.55. The van der Waals surface area contributed by atoms with Gasteiger partial charge in [-0.15, -0.1) is 0 Å². The van der Waals surface area contributed by atoms with Gasteiger partial charge in [0.05, 0.1) is 12.5 Å². The molecule has 0 aromatic carbocycles. The van der Waals surface area contributed by atoms with Crippen LogP contribution in [-0.2, 0) is 9.53 Å². The lowest BCUT2D eigenvalue weighted by Crippen LogP contribution is -2.19. The van der Waals surface area contributed by atoms with Crippen LogP contribution in [0.1, 0.15) is 27.2 Å². The fourth-order valence-corrected chi connectivity index (χ4v) is 1.70. The first-order chi connectivity index (χ1) is 5.16. The summed E-state index contributed by atoms with van der Waals surface area (Å²) >= 11 is 0. The Morgan fingerprint density at radius 3 is 2.64 bits per heavy atom. The summed E-state index contributed by atoms with van der Waals surface area (Å²) in [6, 6.07) is 0. The molecule has 11 heavy (non-hydrogen) atoms. The van der Waals surface area contributed by atoms with Gasteiger partial charge in [0.2, 0.25) is 0 Å². The van der Waals surface area contributed by atoms with Gasteiger partial charge in [0.25, 0.3) is 0 Å². The van der Waals surface area contributed by atoms with Crippen molar-refractivity contribution in [3.8, 4) is 0 Å². The van der Waals surface area contributed by atoms with Gasteiger partial charge in [0, 0.05) is 5.92 Å². The average molecular weight is 156 g/mol. The smallest absolute Gasteiger partial charge is 0.309 e. The number of ether oxygens (including phenoxy) is 1. The van der Waals surface area contributed by atoms with Crippen LogP contribution < -0.4 is 0 Å². The maximum Gasteiger partial charge on any atom is 0.309 e. The number of hydrogen-bond acceptors (Lipinski definition) is 2. The molecule has 1 saturated heterocycles. The van der Waals surface area contributed by atoms with Gasteiger partial charge >= 0.3 is 5.97 Å². The van der Waals surface area contributed by atoms with Crippen LogP contribution in [0.3, 0.4) is 0 Å². The lowest BCUT2D eigenvalue weighted by molar-refractivity contribution is -0.141. The molecule has 0 radical (unpaired) electrons. The molecule has 2 heteroatoms. The molecule has 0 bridgehead atoms. The summed E-state index contributed by atoms with van der Waals surface area (Å²) in [5, 5.41) is 0. The highest BCUT2D eigenvalue weighted by atomic mass is 16.5. The molecule has 2 unspecified atom stereocenters. The average Bonchev–Trinajstić information content (AvgIpc) is 2.30. The van der Waals surface area contributed by atoms with Crippen molar-refractivity contribution in [1.82, 2.24) is 0 Å². The minimum atomic E-state index is 0.00574. The number of carbonyl (C=O) groups excluding carboxylic acids is 1. The molecular weight excluding hydrogens is 140 g/mol.